The van der Waals surface area contributed by atoms with Gasteiger partial charge >= 0.3 is 0 Å². The second-order valence-electron chi connectivity index (χ2n) is 4.94. The van der Waals surface area contributed by atoms with E-state index in [9.17, 15) is 0 Å². The van der Waals surface area contributed by atoms with E-state index in [0.717, 1.165) is 29.2 Å². The zero-order valence-corrected chi connectivity index (χ0v) is 12.0. The lowest BCUT2D eigenvalue weighted by Crippen LogP contribution is -2.22. The van der Waals surface area contributed by atoms with Crippen molar-refractivity contribution < 1.29 is 4.42 Å². The maximum atomic E-state index is 6.10. The lowest BCUT2D eigenvalue weighted by molar-refractivity contribution is 0.563. The number of benzene rings is 1. The molecule has 0 saturated carbocycles. The topological polar surface area (TPSA) is 42.4 Å². The summed E-state index contributed by atoms with van der Waals surface area (Å²) >= 11 is 6.10. The van der Waals surface area contributed by atoms with E-state index in [0.29, 0.717) is 0 Å². The molecule has 2 rings (SSSR count). The molecule has 3 nitrogen and oxygen atoms in total. The van der Waals surface area contributed by atoms with E-state index in [1.807, 2.05) is 38.2 Å². The Morgan fingerprint density at radius 3 is 2.79 bits per heavy atom. The molecule has 0 bridgehead atoms. The Morgan fingerprint density at radius 1 is 1.37 bits per heavy atom. The van der Waals surface area contributed by atoms with Crippen molar-refractivity contribution in [3.05, 3.63) is 52.9 Å². The van der Waals surface area contributed by atoms with Crippen LogP contribution < -0.4 is 10.6 Å². The Labute approximate surface area is 119 Å². The highest BCUT2D eigenvalue weighted by Crippen LogP contribution is 2.26. The summed E-state index contributed by atoms with van der Waals surface area (Å²) < 4.78 is 5.10. The third kappa shape index (κ3) is 3.75. The van der Waals surface area contributed by atoms with Crippen molar-refractivity contribution in [1.82, 2.24) is 0 Å². The molecule has 0 radical (unpaired) electrons. The molecule has 2 N–H and O–H groups in total. The van der Waals surface area contributed by atoms with E-state index in [1.54, 1.807) is 12.5 Å². The lowest BCUT2D eigenvalue weighted by atomic mass is 10.0. The van der Waals surface area contributed by atoms with Crippen LogP contribution in [0.5, 0.6) is 0 Å². The van der Waals surface area contributed by atoms with E-state index >= 15 is 0 Å². The molecule has 1 aromatic carbocycles. The summed E-state index contributed by atoms with van der Waals surface area (Å²) in [7, 11) is 2.04. The Hall–Kier alpha value is -1.45. The SMILES string of the molecule is CC(N)Cc1ccc(Cl)cc1N(C)Cc1ccoc1. The van der Waals surface area contributed by atoms with Crippen molar-refractivity contribution >= 4 is 17.3 Å². The van der Waals surface area contributed by atoms with Crippen molar-refractivity contribution in [1.29, 1.82) is 0 Å². The summed E-state index contributed by atoms with van der Waals surface area (Å²) in [6.07, 6.45) is 4.28. The summed E-state index contributed by atoms with van der Waals surface area (Å²) in [5, 5.41) is 0.738. The number of nitrogens with two attached hydrogens (primary N) is 1. The molecule has 1 heterocycles. The van der Waals surface area contributed by atoms with Crippen molar-refractivity contribution in [3.63, 3.8) is 0 Å². The minimum absolute atomic E-state index is 0.127. The van der Waals surface area contributed by atoms with Crippen LogP contribution in [-0.4, -0.2) is 13.1 Å². The maximum Gasteiger partial charge on any atom is 0.0952 e. The van der Waals surface area contributed by atoms with E-state index in [4.69, 9.17) is 21.8 Å². The van der Waals surface area contributed by atoms with E-state index in [-0.39, 0.29) is 6.04 Å². The van der Waals surface area contributed by atoms with Gasteiger partial charge < -0.3 is 15.1 Å². The highest BCUT2D eigenvalue weighted by Gasteiger charge is 2.11. The van der Waals surface area contributed by atoms with Gasteiger partial charge in [-0.25, -0.2) is 0 Å². The van der Waals surface area contributed by atoms with Crippen LogP contribution in [0.3, 0.4) is 0 Å². The van der Waals surface area contributed by atoms with Crippen LogP contribution in [0.2, 0.25) is 5.02 Å². The fourth-order valence-electron chi connectivity index (χ4n) is 2.15. The van der Waals surface area contributed by atoms with Crippen molar-refractivity contribution in [3.8, 4) is 0 Å². The van der Waals surface area contributed by atoms with Gasteiger partial charge in [-0.3, -0.25) is 0 Å². The smallest absolute Gasteiger partial charge is 0.0952 e. The van der Waals surface area contributed by atoms with Crippen molar-refractivity contribution in [2.45, 2.75) is 25.9 Å². The molecule has 0 amide bonds. The molecular weight excluding hydrogens is 260 g/mol. The second kappa shape index (κ2) is 6.13. The fraction of sp³-hybridized carbons (Fsp3) is 0.333. The van der Waals surface area contributed by atoms with Gasteiger partial charge in [-0.05, 0) is 37.1 Å². The van der Waals surface area contributed by atoms with Gasteiger partial charge in [0, 0.05) is 35.9 Å². The highest BCUT2D eigenvalue weighted by atomic mass is 35.5. The molecule has 2 aromatic rings. The number of rotatable bonds is 5. The molecule has 1 atom stereocenters. The molecule has 19 heavy (non-hydrogen) atoms. The highest BCUT2D eigenvalue weighted by molar-refractivity contribution is 6.30. The average molecular weight is 279 g/mol. The number of hydrogen-bond donors (Lipinski definition) is 1. The third-order valence-electron chi connectivity index (χ3n) is 3.00. The van der Waals surface area contributed by atoms with Gasteiger partial charge in [-0.15, -0.1) is 0 Å². The van der Waals surface area contributed by atoms with Crippen molar-refractivity contribution in [2.24, 2.45) is 5.73 Å². The molecule has 0 fully saturated rings. The van der Waals surface area contributed by atoms with Crippen LogP contribution in [0.4, 0.5) is 5.69 Å². The zero-order valence-electron chi connectivity index (χ0n) is 11.3. The summed E-state index contributed by atoms with van der Waals surface area (Å²) in [4.78, 5) is 2.16. The first-order valence-electron chi connectivity index (χ1n) is 6.32. The number of furan rings is 1. The van der Waals surface area contributed by atoms with E-state index < -0.39 is 0 Å². The monoisotopic (exact) mass is 278 g/mol. The van der Waals surface area contributed by atoms with Gasteiger partial charge in [-0.1, -0.05) is 17.7 Å². The van der Waals surface area contributed by atoms with Gasteiger partial charge in [0.1, 0.15) is 0 Å². The quantitative estimate of drug-likeness (QED) is 0.911. The molecule has 1 aromatic heterocycles. The normalized spacial score (nSPS) is 12.4. The Bertz CT molecular complexity index is 523. The Morgan fingerprint density at radius 2 is 2.16 bits per heavy atom. The van der Waals surface area contributed by atoms with Crippen LogP contribution in [0.15, 0.2) is 41.2 Å². The molecule has 0 aliphatic rings. The Balaban J connectivity index is 2.23. The van der Waals surface area contributed by atoms with Crippen LogP contribution in [-0.2, 0) is 13.0 Å². The first-order chi connectivity index (χ1) is 9.06. The van der Waals surface area contributed by atoms with E-state index in [2.05, 4.69) is 4.90 Å². The predicted molar refractivity (Wildman–Crippen MR) is 79.6 cm³/mol. The summed E-state index contributed by atoms with van der Waals surface area (Å²) in [6, 6.07) is 8.04. The lowest BCUT2D eigenvalue weighted by Gasteiger charge is -2.23. The van der Waals surface area contributed by atoms with Crippen molar-refractivity contribution in [2.75, 3.05) is 11.9 Å². The van der Waals surface area contributed by atoms with Crippen LogP contribution in [0.25, 0.3) is 0 Å². The minimum Gasteiger partial charge on any atom is -0.472 e. The van der Waals surface area contributed by atoms with Gasteiger partial charge in [0.2, 0.25) is 0 Å². The number of anilines is 1. The molecule has 0 saturated heterocycles. The van der Waals surface area contributed by atoms with Crippen LogP contribution in [0, 0.1) is 0 Å². The molecule has 0 aliphatic carbocycles. The fourth-order valence-corrected chi connectivity index (χ4v) is 2.32. The summed E-state index contributed by atoms with van der Waals surface area (Å²) in [6.45, 7) is 2.79. The zero-order chi connectivity index (χ0) is 13.8. The van der Waals surface area contributed by atoms with Crippen LogP contribution in [0.1, 0.15) is 18.1 Å². The maximum absolute atomic E-state index is 6.10. The van der Waals surface area contributed by atoms with Crippen LogP contribution >= 0.6 is 11.6 Å². The second-order valence-corrected chi connectivity index (χ2v) is 5.38. The minimum atomic E-state index is 0.127. The number of halogens is 1. The first-order valence-corrected chi connectivity index (χ1v) is 6.70. The Kier molecular flexibility index (Phi) is 4.51. The third-order valence-corrected chi connectivity index (χ3v) is 3.24. The largest absolute Gasteiger partial charge is 0.472 e. The average Bonchev–Trinajstić information content (AvgIpc) is 2.83. The molecule has 1 unspecified atom stereocenters. The molecule has 0 spiro atoms. The van der Waals surface area contributed by atoms with Gasteiger partial charge in [-0.2, -0.15) is 0 Å². The molecule has 4 heteroatoms. The van der Waals surface area contributed by atoms with Gasteiger partial charge in [0.05, 0.1) is 12.5 Å². The summed E-state index contributed by atoms with van der Waals surface area (Å²) in [5.41, 5.74) is 9.36. The van der Waals surface area contributed by atoms with Gasteiger partial charge in [0.15, 0.2) is 0 Å². The van der Waals surface area contributed by atoms with Gasteiger partial charge in [0.25, 0.3) is 0 Å². The van der Waals surface area contributed by atoms with E-state index in [1.165, 1.54) is 5.56 Å². The predicted octanol–water partition coefficient (Wildman–Crippen LogP) is 3.46. The molecule has 102 valence electrons. The number of nitrogens with zero attached hydrogens (tertiary/aromatic N) is 1. The standard InChI is InChI=1S/C15H19ClN2O/c1-11(17)7-13-3-4-14(16)8-15(13)18(2)9-12-5-6-19-10-12/h3-6,8,10-11H,7,9,17H2,1-2H3. The molecular formula is C15H19ClN2O. The first kappa shape index (κ1) is 14.0. The summed E-state index contributed by atoms with van der Waals surface area (Å²) in [5.74, 6) is 0. The molecule has 0 aliphatic heterocycles. The number of hydrogen-bond acceptors (Lipinski definition) is 3.